The van der Waals surface area contributed by atoms with Crippen molar-refractivity contribution in [3.63, 3.8) is 0 Å². The summed E-state index contributed by atoms with van der Waals surface area (Å²) in [6.07, 6.45) is 17.1. The van der Waals surface area contributed by atoms with Crippen molar-refractivity contribution in [3.05, 3.63) is 0 Å². The zero-order valence-corrected chi connectivity index (χ0v) is 19.1. The third-order valence-electron chi connectivity index (χ3n) is 5.07. The minimum atomic E-state index is -2.22. The van der Waals surface area contributed by atoms with Crippen LogP contribution in [0.2, 0.25) is 13.3 Å². The Balaban J connectivity index is 3.95. The van der Waals surface area contributed by atoms with Crippen LogP contribution in [0.5, 0.6) is 0 Å². The molecule has 0 spiro atoms. The van der Waals surface area contributed by atoms with E-state index in [4.69, 9.17) is 3.07 Å². The summed E-state index contributed by atoms with van der Waals surface area (Å²) in [5.74, 6) is 0. The maximum atomic E-state index is 6.44. The van der Waals surface area contributed by atoms with E-state index in [1.54, 1.807) is 0 Å². The Morgan fingerprint density at radius 1 is 0.545 bits per heavy atom. The summed E-state index contributed by atoms with van der Waals surface area (Å²) in [5.41, 5.74) is 0. The Bertz CT molecular complexity index is 202. The van der Waals surface area contributed by atoms with E-state index in [1.807, 2.05) is 0 Å². The molecule has 0 heterocycles. The van der Waals surface area contributed by atoms with Crippen LogP contribution in [0, 0.1) is 0 Å². The van der Waals surface area contributed by atoms with E-state index in [0.717, 1.165) is 6.61 Å². The third kappa shape index (κ3) is 12.2. The molecular weight excluding hydrogens is 375 g/mol. The summed E-state index contributed by atoms with van der Waals surface area (Å²) < 4.78 is 10.8. The fourth-order valence-electron chi connectivity index (χ4n) is 3.49. The SMILES string of the molecule is CCCCCCC[CH2][Sn]([CH2]C)([CH2]CCCCCCC)[O]CC. The average Bonchev–Trinajstić information content (AvgIpc) is 2.54. The molecule has 0 aromatic carbocycles. The average molecular weight is 419 g/mol. The summed E-state index contributed by atoms with van der Waals surface area (Å²) >= 11 is -2.22. The van der Waals surface area contributed by atoms with E-state index in [0.29, 0.717) is 0 Å². The predicted octanol–water partition coefficient (Wildman–Crippen LogP) is 7.71. The van der Waals surface area contributed by atoms with Crippen LogP contribution in [0.3, 0.4) is 0 Å². The maximum absolute atomic E-state index is 6.44. The molecule has 1 nitrogen and oxygen atoms in total. The monoisotopic (exact) mass is 420 g/mol. The van der Waals surface area contributed by atoms with Gasteiger partial charge in [-0.3, -0.25) is 0 Å². The summed E-state index contributed by atoms with van der Waals surface area (Å²) in [4.78, 5) is 0. The van der Waals surface area contributed by atoms with Crippen molar-refractivity contribution in [2.45, 2.75) is 118 Å². The van der Waals surface area contributed by atoms with Gasteiger partial charge in [0.1, 0.15) is 0 Å². The summed E-state index contributed by atoms with van der Waals surface area (Å²) in [6.45, 7) is 10.2. The van der Waals surface area contributed by atoms with Crippen LogP contribution in [0.25, 0.3) is 0 Å². The van der Waals surface area contributed by atoms with Gasteiger partial charge in [0.2, 0.25) is 0 Å². The van der Waals surface area contributed by atoms with Crippen molar-refractivity contribution in [3.8, 4) is 0 Å². The van der Waals surface area contributed by atoms with Crippen molar-refractivity contribution in [2.75, 3.05) is 6.61 Å². The molecule has 0 amide bonds. The van der Waals surface area contributed by atoms with Crippen molar-refractivity contribution in [1.29, 1.82) is 0 Å². The molecule has 134 valence electrons. The first-order chi connectivity index (χ1) is 10.7. The zero-order valence-electron chi connectivity index (χ0n) is 16.2. The van der Waals surface area contributed by atoms with Crippen LogP contribution in [0.1, 0.15) is 105 Å². The van der Waals surface area contributed by atoms with Gasteiger partial charge in [0, 0.05) is 0 Å². The molecule has 0 aliphatic rings. The number of unbranched alkanes of at least 4 members (excludes halogenated alkanes) is 10. The first kappa shape index (κ1) is 22.8. The van der Waals surface area contributed by atoms with E-state index in [2.05, 4.69) is 27.7 Å². The molecule has 0 radical (unpaired) electrons. The van der Waals surface area contributed by atoms with Gasteiger partial charge in [-0.1, -0.05) is 0 Å². The summed E-state index contributed by atoms with van der Waals surface area (Å²) in [5, 5.41) is 0. The molecule has 0 bridgehead atoms. The van der Waals surface area contributed by atoms with Crippen LogP contribution in [-0.2, 0) is 3.07 Å². The quantitative estimate of drug-likeness (QED) is 0.173. The van der Waals surface area contributed by atoms with Gasteiger partial charge in [-0.05, 0) is 0 Å². The molecule has 2 heteroatoms. The van der Waals surface area contributed by atoms with E-state index in [1.165, 1.54) is 90.4 Å². The number of hydrogen-bond acceptors (Lipinski definition) is 1. The minimum absolute atomic E-state index is 0.968. The van der Waals surface area contributed by atoms with Crippen molar-refractivity contribution in [2.24, 2.45) is 0 Å². The number of hydrogen-bond donors (Lipinski definition) is 0. The van der Waals surface area contributed by atoms with Gasteiger partial charge in [-0.15, -0.1) is 0 Å². The van der Waals surface area contributed by atoms with Crippen LogP contribution in [-0.4, -0.2) is 25.4 Å². The van der Waals surface area contributed by atoms with Gasteiger partial charge in [0.15, 0.2) is 0 Å². The topological polar surface area (TPSA) is 9.23 Å². The summed E-state index contributed by atoms with van der Waals surface area (Å²) in [7, 11) is 0. The van der Waals surface area contributed by atoms with E-state index in [9.17, 15) is 0 Å². The van der Waals surface area contributed by atoms with Crippen LogP contribution >= 0.6 is 0 Å². The molecule has 0 rings (SSSR count). The fourth-order valence-corrected chi connectivity index (χ4v) is 14.5. The second-order valence-corrected chi connectivity index (χ2v) is 19.5. The van der Waals surface area contributed by atoms with E-state index < -0.39 is 18.8 Å². The predicted molar refractivity (Wildman–Crippen MR) is 104 cm³/mol. The third-order valence-corrected chi connectivity index (χ3v) is 18.5. The zero-order chi connectivity index (χ0) is 16.5. The van der Waals surface area contributed by atoms with Gasteiger partial charge in [-0.2, -0.15) is 0 Å². The van der Waals surface area contributed by atoms with Crippen LogP contribution in [0.15, 0.2) is 0 Å². The van der Waals surface area contributed by atoms with Gasteiger partial charge in [0.05, 0.1) is 0 Å². The fraction of sp³-hybridized carbons (Fsp3) is 1.00. The second kappa shape index (κ2) is 16.6. The molecule has 22 heavy (non-hydrogen) atoms. The van der Waals surface area contributed by atoms with Crippen LogP contribution in [0.4, 0.5) is 0 Å². The Hall–Kier alpha value is 0.759. The molecule has 0 aromatic rings. The molecule has 0 aliphatic heterocycles. The first-order valence-electron chi connectivity index (χ1n) is 10.4. The van der Waals surface area contributed by atoms with Gasteiger partial charge in [0.25, 0.3) is 0 Å². The number of rotatable bonds is 17. The van der Waals surface area contributed by atoms with E-state index in [-0.39, 0.29) is 0 Å². The molecule has 0 saturated carbocycles. The molecule has 0 unspecified atom stereocenters. The molecule has 0 fully saturated rings. The molecular formula is C20H44OSn. The first-order valence-corrected chi connectivity index (χ1v) is 17.6. The molecule has 0 aromatic heterocycles. The molecule has 0 N–H and O–H groups in total. The van der Waals surface area contributed by atoms with Crippen molar-refractivity contribution >= 4 is 18.8 Å². The Morgan fingerprint density at radius 2 is 0.955 bits per heavy atom. The Labute approximate surface area is 146 Å². The Kier molecular flexibility index (Phi) is 17.2. The van der Waals surface area contributed by atoms with Crippen molar-refractivity contribution < 1.29 is 3.07 Å². The molecule has 0 atom stereocenters. The van der Waals surface area contributed by atoms with Gasteiger partial charge >= 0.3 is 147 Å². The Morgan fingerprint density at radius 3 is 1.32 bits per heavy atom. The normalized spacial score (nSPS) is 12.0. The van der Waals surface area contributed by atoms with Gasteiger partial charge in [-0.25, -0.2) is 0 Å². The second-order valence-electron chi connectivity index (χ2n) is 7.01. The van der Waals surface area contributed by atoms with E-state index >= 15 is 0 Å². The molecule has 0 saturated heterocycles. The summed E-state index contributed by atoms with van der Waals surface area (Å²) in [6, 6.07) is 0. The van der Waals surface area contributed by atoms with Gasteiger partial charge < -0.3 is 0 Å². The standard InChI is InChI=1S/2C8H17.C2H5O.C2H5.Sn/c2*1-3-5-7-8-6-4-2;1-2-3;1-2;/h2*1,3-8H2,2H3;2H2,1H3;1H2,2H3;/q;;-1;;+1. The molecule has 0 aliphatic carbocycles. The van der Waals surface area contributed by atoms with Crippen LogP contribution < -0.4 is 0 Å². The van der Waals surface area contributed by atoms with Crippen molar-refractivity contribution in [1.82, 2.24) is 0 Å².